The molecule has 2 rings (SSSR count). The van der Waals surface area contributed by atoms with Gasteiger partial charge in [-0.1, -0.05) is 36.4 Å². The first-order valence-corrected chi connectivity index (χ1v) is 5.72. The summed E-state index contributed by atoms with van der Waals surface area (Å²) in [5, 5.41) is 12.2. The van der Waals surface area contributed by atoms with Gasteiger partial charge in [0.15, 0.2) is 0 Å². The van der Waals surface area contributed by atoms with Gasteiger partial charge in [-0.3, -0.25) is 4.98 Å². The van der Waals surface area contributed by atoms with E-state index in [1.807, 2.05) is 36.4 Å². The van der Waals surface area contributed by atoms with Crippen molar-refractivity contribution in [1.82, 2.24) is 10.3 Å². The second-order valence-electron chi connectivity index (χ2n) is 3.78. The van der Waals surface area contributed by atoms with Crippen LogP contribution < -0.4 is 5.32 Å². The van der Waals surface area contributed by atoms with Crippen LogP contribution in [0.4, 0.5) is 0 Å². The minimum atomic E-state index is 0.0320. The zero-order chi connectivity index (χ0) is 11.9. The average Bonchev–Trinajstić information content (AvgIpc) is 2.42. The molecule has 3 nitrogen and oxygen atoms in total. The molecule has 0 radical (unpaired) electrons. The van der Waals surface area contributed by atoms with Crippen molar-refractivity contribution in [3.63, 3.8) is 0 Å². The SMILES string of the molecule is OCCNC(c1ccccc1)c1ccccn1. The zero-order valence-electron chi connectivity index (χ0n) is 9.58. The smallest absolute Gasteiger partial charge is 0.0752 e. The fourth-order valence-electron chi connectivity index (χ4n) is 1.79. The van der Waals surface area contributed by atoms with Crippen LogP contribution in [0.3, 0.4) is 0 Å². The van der Waals surface area contributed by atoms with Crippen molar-refractivity contribution in [3.05, 3.63) is 66.0 Å². The summed E-state index contributed by atoms with van der Waals surface area (Å²) in [5.74, 6) is 0. The lowest BCUT2D eigenvalue weighted by atomic mass is 10.0. The molecular weight excluding hydrogens is 212 g/mol. The van der Waals surface area contributed by atoms with Gasteiger partial charge in [-0.05, 0) is 17.7 Å². The molecule has 0 aliphatic heterocycles. The van der Waals surface area contributed by atoms with Gasteiger partial charge < -0.3 is 10.4 Å². The second-order valence-corrected chi connectivity index (χ2v) is 3.78. The first-order chi connectivity index (χ1) is 8.42. The molecule has 88 valence electrons. The number of aliphatic hydroxyl groups excluding tert-OH is 1. The highest BCUT2D eigenvalue weighted by Gasteiger charge is 2.13. The number of nitrogens with zero attached hydrogens (tertiary/aromatic N) is 1. The Morgan fingerprint density at radius 1 is 1.06 bits per heavy atom. The molecule has 0 saturated carbocycles. The maximum atomic E-state index is 8.93. The fourth-order valence-corrected chi connectivity index (χ4v) is 1.79. The highest BCUT2D eigenvalue weighted by Crippen LogP contribution is 2.19. The predicted molar refractivity (Wildman–Crippen MR) is 67.6 cm³/mol. The highest BCUT2D eigenvalue weighted by molar-refractivity contribution is 5.27. The molecule has 0 saturated heterocycles. The van der Waals surface area contributed by atoms with Crippen LogP contribution in [0.1, 0.15) is 17.3 Å². The molecule has 0 bridgehead atoms. The molecule has 1 unspecified atom stereocenters. The molecule has 0 aliphatic carbocycles. The van der Waals surface area contributed by atoms with Crippen LogP contribution in [0.2, 0.25) is 0 Å². The Balaban J connectivity index is 2.26. The lowest BCUT2D eigenvalue weighted by molar-refractivity contribution is 0.287. The van der Waals surface area contributed by atoms with Gasteiger partial charge in [-0.25, -0.2) is 0 Å². The lowest BCUT2D eigenvalue weighted by Gasteiger charge is -2.18. The van der Waals surface area contributed by atoms with E-state index in [2.05, 4.69) is 22.4 Å². The number of aliphatic hydroxyl groups is 1. The van der Waals surface area contributed by atoms with Crippen LogP contribution in [0, 0.1) is 0 Å². The van der Waals surface area contributed by atoms with Crippen LogP contribution in [0.15, 0.2) is 54.7 Å². The van der Waals surface area contributed by atoms with Crippen molar-refractivity contribution in [2.75, 3.05) is 13.2 Å². The summed E-state index contributed by atoms with van der Waals surface area (Å²) in [6.45, 7) is 0.673. The quantitative estimate of drug-likeness (QED) is 0.819. The Hall–Kier alpha value is -1.71. The third-order valence-corrected chi connectivity index (χ3v) is 2.58. The average molecular weight is 228 g/mol. The maximum Gasteiger partial charge on any atom is 0.0752 e. The summed E-state index contributed by atoms with van der Waals surface area (Å²) in [6, 6.07) is 16.0. The molecule has 2 aromatic rings. The summed E-state index contributed by atoms with van der Waals surface area (Å²) in [6.07, 6.45) is 1.78. The van der Waals surface area contributed by atoms with Crippen LogP contribution in [-0.2, 0) is 0 Å². The molecule has 1 heterocycles. The van der Waals surface area contributed by atoms with Gasteiger partial charge in [0.1, 0.15) is 0 Å². The Labute approximate surface area is 101 Å². The molecule has 1 aromatic heterocycles. The lowest BCUT2D eigenvalue weighted by Crippen LogP contribution is -2.26. The van der Waals surface area contributed by atoms with E-state index in [1.165, 1.54) is 0 Å². The van der Waals surface area contributed by atoms with Crippen molar-refractivity contribution in [2.45, 2.75) is 6.04 Å². The normalized spacial score (nSPS) is 12.3. The Bertz CT molecular complexity index is 391. The van der Waals surface area contributed by atoms with E-state index in [1.54, 1.807) is 6.20 Å². The summed E-state index contributed by atoms with van der Waals surface area (Å²) in [7, 11) is 0. The van der Waals surface area contributed by atoms with E-state index >= 15 is 0 Å². The van der Waals surface area contributed by atoms with E-state index in [0.717, 1.165) is 11.3 Å². The first-order valence-electron chi connectivity index (χ1n) is 5.72. The van der Waals surface area contributed by atoms with Crippen LogP contribution in [0.5, 0.6) is 0 Å². The Kier molecular flexibility index (Phi) is 4.24. The van der Waals surface area contributed by atoms with Crippen molar-refractivity contribution < 1.29 is 5.11 Å². The zero-order valence-corrected chi connectivity index (χ0v) is 9.58. The maximum absolute atomic E-state index is 8.93. The van der Waals surface area contributed by atoms with Gasteiger partial charge in [0.05, 0.1) is 18.3 Å². The Morgan fingerprint density at radius 3 is 2.47 bits per heavy atom. The second kappa shape index (κ2) is 6.13. The predicted octanol–water partition coefficient (Wildman–Crippen LogP) is 1.75. The van der Waals surface area contributed by atoms with Gasteiger partial charge in [0, 0.05) is 12.7 Å². The fraction of sp³-hybridized carbons (Fsp3) is 0.214. The van der Waals surface area contributed by atoms with E-state index < -0.39 is 0 Å². The summed E-state index contributed by atoms with van der Waals surface area (Å²) in [5.41, 5.74) is 2.12. The standard InChI is InChI=1S/C14H16N2O/c17-11-10-16-14(12-6-2-1-3-7-12)13-8-4-5-9-15-13/h1-9,14,16-17H,10-11H2. The van der Waals surface area contributed by atoms with Gasteiger partial charge in [-0.15, -0.1) is 0 Å². The van der Waals surface area contributed by atoms with Crippen molar-refractivity contribution >= 4 is 0 Å². The number of rotatable bonds is 5. The van der Waals surface area contributed by atoms with Crippen molar-refractivity contribution in [3.8, 4) is 0 Å². The summed E-state index contributed by atoms with van der Waals surface area (Å²) < 4.78 is 0. The van der Waals surface area contributed by atoms with Gasteiger partial charge in [0.2, 0.25) is 0 Å². The minimum absolute atomic E-state index is 0.0320. The van der Waals surface area contributed by atoms with E-state index in [-0.39, 0.29) is 12.6 Å². The largest absolute Gasteiger partial charge is 0.395 e. The van der Waals surface area contributed by atoms with Gasteiger partial charge in [-0.2, -0.15) is 0 Å². The van der Waals surface area contributed by atoms with E-state index in [9.17, 15) is 0 Å². The third kappa shape index (κ3) is 3.12. The summed E-state index contributed by atoms with van der Waals surface area (Å²) >= 11 is 0. The molecule has 1 aromatic carbocycles. The Morgan fingerprint density at radius 2 is 1.82 bits per heavy atom. The minimum Gasteiger partial charge on any atom is -0.395 e. The number of benzene rings is 1. The molecule has 17 heavy (non-hydrogen) atoms. The molecule has 2 N–H and O–H groups in total. The van der Waals surface area contributed by atoms with Crippen LogP contribution >= 0.6 is 0 Å². The molecule has 3 heteroatoms. The summed E-state index contributed by atoms with van der Waals surface area (Å²) in [4.78, 5) is 4.36. The highest BCUT2D eigenvalue weighted by atomic mass is 16.3. The van der Waals surface area contributed by atoms with Gasteiger partial charge in [0.25, 0.3) is 0 Å². The van der Waals surface area contributed by atoms with Crippen LogP contribution in [0.25, 0.3) is 0 Å². The number of nitrogens with one attached hydrogen (secondary N) is 1. The van der Waals surface area contributed by atoms with E-state index in [0.29, 0.717) is 6.54 Å². The van der Waals surface area contributed by atoms with Crippen LogP contribution in [-0.4, -0.2) is 23.2 Å². The van der Waals surface area contributed by atoms with E-state index in [4.69, 9.17) is 5.11 Å². The van der Waals surface area contributed by atoms with Crippen molar-refractivity contribution in [1.29, 1.82) is 0 Å². The van der Waals surface area contributed by atoms with Gasteiger partial charge >= 0.3 is 0 Å². The van der Waals surface area contributed by atoms with Crippen molar-refractivity contribution in [2.24, 2.45) is 0 Å². The number of hydrogen-bond acceptors (Lipinski definition) is 3. The number of hydrogen-bond donors (Lipinski definition) is 2. The molecule has 1 atom stereocenters. The molecule has 0 aliphatic rings. The third-order valence-electron chi connectivity index (χ3n) is 2.58. The molecule has 0 amide bonds. The molecular formula is C14H16N2O. The topological polar surface area (TPSA) is 45.1 Å². The number of aromatic nitrogens is 1. The number of pyridine rings is 1. The monoisotopic (exact) mass is 228 g/mol. The molecule has 0 fully saturated rings. The molecule has 0 spiro atoms. The first kappa shape index (κ1) is 11.8.